The maximum Gasteiger partial charge on any atom is 0.200 e. The van der Waals surface area contributed by atoms with Gasteiger partial charge in [0.1, 0.15) is 0 Å². The Morgan fingerprint density at radius 3 is 2.46 bits per heavy atom. The third-order valence-electron chi connectivity index (χ3n) is 1.97. The molecule has 0 fully saturated rings. The number of ketones is 1. The summed E-state index contributed by atoms with van der Waals surface area (Å²) in [7, 11) is 0. The van der Waals surface area contributed by atoms with E-state index in [-0.39, 0.29) is 11.7 Å². The van der Waals surface area contributed by atoms with E-state index in [2.05, 4.69) is 4.98 Å². The molecule has 0 saturated heterocycles. The predicted octanol–water partition coefficient (Wildman–Crippen LogP) is 2.30. The van der Waals surface area contributed by atoms with E-state index in [4.69, 9.17) is 0 Å². The van der Waals surface area contributed by atoms with Crippen LogP contribution in [-0.4, -0.2) is 15.3 Å². The molecular formula is C10H16N2O. The SMILES string of the molecule is CC(C)C(=O)c1nccn1C(C)C. The van der Waals surface area contributed by atoms with E-state index in [1.807, 2.05) is 38.5 Å². The lowest BCUT2D eigenvalue weighted by molar-refractivity contribution is 0.0923. The van der Waals surface area contributed by atoms with Crippen molar-refractivity contribution in [3.8, 4) is 0 Å². The van der Waals surface area contributed by atoms with E-state index < -0.39 is 0 Å². The molecule has 13 heavy (non-hydrogen) atoms. The van der Waals surface area contributed by atoms with Crippen molar-refractivity contribution in [2.45, 2.75) is 33.7 Å². The van der Waals surface area contributed by atoms with Gasteiger partial charge in [0.15, 0.2) is 5.82 Å². The average Bonchev–Trinajstić information content (AvgIpc) is 2.50. The second kappa shape index (κ2) is 3.73. The molecule has 1 rings (SSSR count). The highest BCUT2D eigenvalue weighted by molar-refractivity contribution is 5.94. The van der Waals surface area contributed by atoms with Crippen molar-refractivity contribution in [2.75, 3.05) is 0 Å². The van der Waals surface area contributed by atoms with E-state index in [0.717, 1.165) is 0 Å². The van der Waals surface area contributed by atoms with Crippen molar-refractivity contribution < 1.29 is 4.79 Å². The smallest absolute Gasteiger partial charge is 0.200 e. The van der Waals surface area contributed by atoms with Gasteiger partial charge < -0.3 is 4.57 Å². The first-order valence-electron chi connectivity index (χ1n) is 4.61. The Morgan fingerprint density at radius 1 is 1.38 bits per heavy atom. The quantitative estimate of drug-likeness (QED) is 0.669. The van der Waals surface area contributed by atoms with Crippen LogP contribution in [0.2, 0.25) is 0 Å². The summed E-state index contributed by atoms with van der Waals surface area (Å²) >= 11 is 0. The molecule has 0 spiro atoms. The van der Waals surface area contributed by atoms with Crippen LogP contribution in [0, 0.1) is 5.92 Å². The van der Waals surface area contributed by atoms with Crippen LogP contribution in [0.15, 0.2) is 12.4 Å². The summed E-state index contributed by atoms with van der Waals surface area (Å²) < 4.78 is 1.91. The van der Waals surface area contributed by atoms with Gasteiger partial charge >= 0.3 is 0 Å². The zero-order chi connectivity index (χ0) is 10.0. The fourth-order valence-electron chi connectivity index (χ4n) is 1.18. The normalized spacial score (nSPS) is 11.2. The molecule has 0 saturated carbocycles. The number of Topliss-reactive ketones (excluding diaryl/α,β-unsaturated/α-hetero) is 1. The number of hydrogen-bond acceptors (Lipinski definition) is 2. The largest absolute Gasteiger partial charge is 0.326 e. The average molecular weight is 180 g/mol. The van der Waals surface area contributed by atoms with Crippen LogP contribution in [0.1, 0.15) is 44.4 Å². The third-order valence-corrected chi connectivity index (χ3v) is 1.97. The summed E-state index contributed by atoms with van der Waals surface area (Å²) in [6.45, 7) is 7.86. The lowest BCUT2D eigenvalue weighted by Gasteiger charge is -2.11. The zero-order valence-electron chi connectivity index (χ0n) is 8.61. The van der Waals surface area contributed by atoms with E-state index in [1.165, 1.54) is 0 Å². The number of aromatic nitrogens is 2. The molecule has 0 aromatic carbocycles. The molecule has 1 heterocycles. The molecule has 0 N–H and O–H groups in total. The van der Waals surface area contributed by atoms with Gasteiger partial charge in [-0.05, 0) is 13.8 Å². The standard InChI is InChI=1S/C10H16N2O/c1-7(2)9(13)10-11-5-6-12(10)8(3)4/h5-8H,1-4H3. The molecule has 3 heteroatoms. The predicted molar refractivity (Wildman–Crippen MR) is 51.8 cm³/mol. The highest BCUT2D eigenvalue weighted by Gasteiger charge is 2.17. The monoisotopic (exact) mass is 180 g/mol. The van der Waals surface area contributed by atoms with Crippen LogP contribution in [0.25, 0.3) is 0 Å². The van der Waals surface area contributed by atoms with Gasteiger partial charge in [-0.3, -0.25) is 4.79 Å². The van der Waals surface area contributed by atoms with Gasteiger partial charge in [-0.1, -0.05) is 13.8 Å². The van der Waals surface area contributed by atoms with Gasteiger partial charge in [0, 0.05) is 24.4 Å². The minimum atomic E-state index is 0.0138. The molecular weight excluding hydrogens is 164 g/mol. The first-order valence-corrected chi connectivity index (χ1v) is 4.61. The van der Waals surface area contributed by atoms with E-state index in [9.17, 15) is 4.79 Å². The number of nitrogens with zero attached hydrogens (tertiary/aromatic N) is 2. The molecule has 3 nitrogen and oxygen atoms in total. The first-order chi connectivity index (χ1) is 6.04. The fourth-order valence-corrected chi connectivity index (χ4v) is 1.18. The van der Waals surface area contributed by atoms with Gasteiger partial charge in [-0.2, -0.15) is 0 Å². The Balaban J connectivity index is 3.01. The molecule has 0 unspecified atom stereocenters. The highest BCUT2D eigenvalue weighted by atomic mass is 16.1. The summed E-state index contributed by atoms with van der Waals surface area (Å²) in [5.41, 5.74) is 0. The Labute approximate surface area is 78.8 Å². The minimum Gasteiger partial charge on any atom is -0.326 e. The third kappa shape index (κ3) is 1.97. The molecule has 0 radical (unpaired) electrons. The fraction of sp³-hybridized carbons (Fsp3) is 0.600. The molecule has 0 aliphatic heterocycles. The van der Waals surface area contributed by atoms with Gasteiger partial charge in [-0.15, -0.1) is 0 Å². The van der Waals surface area contributed by atoms with Gasteiger partial charge in [-0.25, -0.2) is 4.98 Å². The molecule has 72 valence electrons. The van der Waals surface area contributed by atoms with E-state index in [0.29, 0.717) is 11.9 Å². The highest BCUT2D eigenvalue weighted by Crippen LogP contribution is 2.11. The molecule has 1 aromatic heterocycles. The summed E-state index contributed by atoms with van der Waals surface area (Å²) in [5, 5.41) is 0. The maximum absolute atomic E-state index is 11.6. The van der Waals surface area contributed by atoms with Crippen LogP contribution in [0.3, 0.4) is 0 Å². The Morgan fingerprint density at radius 2 is 2.00 bits per heavy atom. The summed E-state index contributed by atoms with van der Waals surface area (Å²) in [6, 6.07) is 0.292. The molecule has 0 atom stereocenters. The molecule has 1 aromatic rings. The van der Waals surface area contributed by atoms with Gasteiger partial charge in [0.25, 0.3) is 0 Å². The second-order valence-corrected chi connectivity index (χ2v) is 3.77. The summed E-state index contributed by atoms with van der Waals surface area (Å²) in [5.74, 6) is 0.698. The number of rotatable bonds is 3. The Hall–Kier alpha value is -1.12. The van der Waals surface area contributed by atoms with Crippen molar-refractivity contribution in [1.29, 1.82) is 0 Å². The molecule has 0 amide bonds. The number of hydrogen-bond donors (Lipinski definition) is 0. The topological polar surface area (TPSA) is 34.9 Å². The number of carbonyl (C=O) groups is 1. The van der Waals surface area contributed by atoms with Crippen LogP contribution in [0.4, 0.5) is 0 Å². The molecule has 0 aliphatic carbocycles. The van der Waals surface area contributed by atoms with Crippen molar-refractivity contribution in [2.24, 2.45) is 5.92 Å². The van der Waals surface area contributed by atoms with Crippen LogP contribution in [-0.2, 0) is 0 Å². The number of imidazole rings is 1. The summed E-state index contributed by atoms with van der Waals surface area (Å²) in [6.07, 6.45) is 3.52. The van der Waals surface area contributed by atoms with Gasteiger partial charge in [0.2, 0.25) is 5.78 Å². The van der Waals surface area contributed by atoms with Crippen molar-refractivity contribution in [1.82, 2.24) is 9.55 Å². The van der Waals surface area contributed by atoms with Crippen molar-refractivity contribution in [3.63, 3.8) is 0 Å². The lowest BCUT2D eigenvalue weighted by atomic mass is 10.1. The van der Waals surface area contributed by atoms with E-state index in [1.54, 1.807) is 6.20 Å². The Kier molecular flexibility index (Phi) is 2.86. The molecule has 0 bridgehead atoms. The first kappa shape index (κ1) is 9.96. The maximum atomic E-state index is 11.6. The van der Waals surface area contributed by atoms with Crippen molar-refractivity contribution >= 4 is 5.78 Å². The second-order valence-electron chi connectivity index (χ2n) is 3.77. The van der Waals surface area contributed by atoms with E-state index >= 15 is 0 Å². The van der Waals surface area contributed by atoms with Gasteiger partial charge in [0.05, 0.1) is 0 Å². The van der Waals surface area contributed by atoms with Crippen LogP contribution in [0.5, 0.6) is 0 Å². The number of carbonyl (C=O) groups excluding carboxylic acids is 1. The lowest BCUT2D eigenvalue weighted by Crippen LogP contribution is -2.16. The van der Waals surface area contributed by atoms with Crippen LogP contribution < -0.4 is 0 Å². The van der Waals surface area contributed by atoms with Crippen molar-refractivity contribution in [3.05, 3.63) is 18.2 Å². The minimum absolute atomic E-state index is 0.0138. The summed E-state index contributed by atoms with van der Waals surface area (Å²) in [4.78, 5) is 15.7. The zero-order valence-corrected chi connectivity index (χ0v) is 8.61. The molecule has 0 aliphatic rings. The Bertz CT molecular complexity index is 300. The van der Waals surface area contributed by atoms with Crippen LogP contribution >= 0.6 is 0 Å².